The van der Waals surface area contributed by atoms with Crippen molar-refractivity contribution in [3.05, 3.63) is 58.4 Å². The number of ether oxygens (including phenoxy) is 3. The van der Waals surface area contributed by atoms with Crippen molar-refractivity contribution in [1.29, 1.82) is 0 Å². The van der Waals surface area contributed by atoms with Crippen molar-refractivity contribution in [3.8, 4) is 0 Å². The van der Waals surface area contributed by atoms with E-state index in [4.69, 9.17) is 21.1 Å². The molecule has 4 amide bonds. The molecular formula is C28H32ClFN4O7. The van der Waals surface area contributed by atoms with Crippen LogP contribution in [0.15, 0.2) is 36.4 Å². The molecule has 1 unspecified atom stereocenters. The Morgan fingerprint density at radius 2 is 1.90 bits per heavy atom. The highest BCUT2D eigenvalue weighted by Crippen LogP contribution is 2.45. The molecule has 0 bridgehead atoms. The van der Waals surface area contributed by atoms with Crippen molar-refractivity contribution >= 4 is 47.0 Å². The first kappa shape index (κ1) is 30.1. The molecule has 2 heterocycles. The Kier molecular flexibility index (Phi) is 8.74. The van der Waals surface area contributed by atoms with E-state index in [1.165, 1.54) is 55.5 Å². The lowest BCUT2D eigenvalue weighted by atomic mass is 9.82. The minimum Gasteiger partial charge on any atom is -0.453 e. The van der Waals surface area contributed by atoms with Gasteiger partial charge in [0.05, 0.1) is 35.5 Å². The van der Waals surface area contributed by atoms with Gasteiger partial charge >= 0.3 is 12.2 Å². The predicted octanol–water partition coefficient (Wildman–Crippen LogP) is 4.65. The van der Waals surface area contributed by atoms with Crippen LogP contribution in [-0.2, 0) is 24.6 Å². The van der Waals surface area contributed by atoms with Gasteiger partial charge in [-0.15, -0.1) is 0 Å². The first-order valence-corrected chi connectivity index (χ1v) is 13.3. The van der Waals surface area contributed by atoms with Gasteiger partial charge in [-0.05, 0) is 63.1 Å². The van der Waals surface area contributed by atoms with Crippen LogP contribution in [0.5, 0.6) is 0 Å². The summed E-state index contributed by atoms with van der Waals surface area (Å²) in [6.45, 7) is 3.74. The van der Waals surface area contributed by atoms with E-state index in [9.17, 15) is 19.2 Å². The quantitative estimate of drug-likeness (QED) is 0.427. The summed E-state index contributed by atoms with van der Waals surface area (Å²) < 4.78 is 31.1. The summed E-state index contributed by atoms with van der Waals surface area (Å²) in [6.07, 6.45) is -0.603. The molecule has 0 aliphatic carbocycles. The number of rotatable bonds is 7. The zero-order valence-corrected chi connectivity index (χ0v) is 23.9. The summed E-state index contributed by atoms with van der Waals surface area (Å²) in [7, 11) is 2.74. The maximum absolute atomic E-state index is 15.3. The molecule has 2 aromatic rings. The van der Waals surface area contributed by atoms with Gasteiger partial charge in [0, 0.05) is 31.3 Å². The molecule has 220 valence electrons. The molecule has 1 saturated heterocycles. The van der Waals surface area contributed by atoms with Gasteiger partial charge < -0.3 is 24.4 Å². The zero-order valence-electron chi connectivity index (χ0n) is 23.1. The lowest BCUT2D eigenvalue weighted by Gasteiger charge is -2.46. The molecule has 4 rings (SSSR count). The minimum absolute atomic E-state index is 0.0839. The van der Waals surface area contributed by atoms with E-state index in [-0.39, 0.29) is 41.2 Å². The molecule has 13 heteroatoms. The fraction of sp³-hybridized carbons (Fsp3) is 0.429. The van der Waals surface area contributed by atoms with E-state index in [1.54, 1.807) is 13.8 Å². The molecule has 3 N–H and O–H groups in total. The van der Waals surface area contributed by atoms with Crippen molar-refractivity contribution < 1.29 is 37.8 Å². The Labute approximate surface area is 241 Å². The van der Waals surface area contributed by atoms with Crippen LogP contribution < -0.4 is 16.0 Å². The summed E-state index contributed by atoms with van der Waals surface area (Å²) in [5, 5.41) is 7.66. The third kappa shape index (κ3) is 6.54. The third-order valence-corrected chi connectivity index (χ3v) is 7.56. The highest BCUT2D eigenvalue weighted by atomic mass is 35.5. The average Bonchev–Trinajstić information content (AvgIpc) is 2.94. The number of carbonyl (C=O) groups excluding carboxylic acids is 4. The number of fused-ring (bicyclic) bond motifs is 2. The van der Waals surface area contributed by atoms with Crippen molar-refractivity contribution in [2.75, 3.05) is 37.9 Å². The number of amides is 4. The monoisotopic (exact) mass is 590 g/mol. The van der Waals surface area contributed by atoms with Gasteiger partial charge in [-0.3, -0.25) is 20.2 Å². The van der Waals surface area contributed by atoms with Crippen molar-refractivity contribution in [2.45, 2.75) is 50.4 Å². The number of hydrogen-bond donors (Lipinski definition) is 3. The second kappa shape index (κ2) is 11.9. The molecule has 41 heavy (non-hydrogen) atoms. The number of anilines is 2. The van der Waals surface area contributed by atoms with Gasteiger partial charge in [0.1, 0.15) is 6.04 Å². The average molecular weight is 591 g/mol. The SMILES string of the molecule is COC(=O)Nc1ccc(C(=O)N[C@@H](CC(C)(C)OC)C(=O)N2CCCC3(C2)OC(=O)Nc2ccc(Cl)c(F)c23)cc1. The zero-order chi connectivity index (χ0) is 29.9. The van der Waals surface area contributed by atoms with Gasteiger partial charge in [0.2, 0.25) is 5.91 Å². The minimum atomic E-state index is -1.45. The van der Waals surface area contributed by atoms with Crippen LogP contribution in [0.2, 0.25) is 5.02 Å². The van der Waals surface area contributed by atoms with Crippen LogP contribution >= 0.6 is 11.6 Å². The van der Waals surface area contributed by atoms with Crippen molar-refractivity contribution in [3.63, 3.8) is 0 Å². The molecule has 1 spiro atoms. The summed E-state index contributed by atoms with van der Waals surface area (Å²) >= 11 is 6.07. The normalized spacial score (nSPS) is 19.0. The second-order valence-electron chi connectivity index (χ2n) is 10.5. The standard InChI is InChI=1S/C28H32ClFN4O7/c1-27(2,40-4)14-20(32-23(35)16-6-8-17(9-7-16)31-25(37)39-3)24(36)34-13-5-12-28(15-34)21-19(33-26(38)41-28)11-10-18(29)22(21)30/h6-11,20H,5,12-15H2,1-4H3,(H,31,37)(H,32,35)(H,33,38)/t20-,28?/m0/s1. The Morgan fingerprint density at radius 1 is 1.20 bits per heavy atom. The molecule has 2 aliphatic heterocycles. The molecule has 2 aromatic carbocycles. The van der Waals surface area contributed by atoms with E-state index in [0.29, 0.717) is 18.7 Å². The van der Waals surface area contributed by atoms with Crippen LogP contribution in [0.25, 0.3) is 0 Å². The fourth-order valence-corrected chi connectivity index (χ4v) is 5.23. The molecule has 2 atom stereocenters. The Bertz CT molecular complexity index is 1350. The molecule has 0 radical (unpaired) electrons. The number of carbonyl (C=O) groups is 4. The van der Waals surface area contributed by atoms with Crippen LogP contribution in [0.3, 0.4) is 0 Å². The number of halogens is 2. The van der Waals surface area contributed by atoms with Crippen LogP contribution in [-0.4, -0.2) is 67.9 Å². The van der Waals surface area contributed by atoms with E-state index in [0.717, 1.165) is 0 Å². The van der Waals surface area contributed by atoms with Gasteiger partial charge in [-0.25, -0.2) is 14.0 Å². The Balaban J connectivity index is 1.59. The fourth-order valence-electron chi connectivity index (χ4n) is 5.07. The molecule has 2 aliphatic rings. The highest BCUT2D eigenvalue weighted by molar-refractivity contribution is 6.31. The third-order valence-electron chi connectivity index (χ3n) is 7.27. The lowest BCUT2D eigenvalue weighted by molar-refractivity contribution is -0.143. The number of nitrogens with zero attached hydrogens (tertiary/aromatic N) is 1. The Hall–Kier alpha value is -3.90. The predicted molar refractivity (Wildman–Crippen MR) is 148 cm³/mol. The van der Waals surface area contributed by atoms with E-state index in [2.05, 4.69) is 20.7 Å². The topological polar surface area (TPSA) is 135 Å². The molecule has 1 fully saturated rings. The Morgan fingerprint density at radius 3 is 2.56 bits per heavy atom. The summed E-state index contributed by atoms with van der Waals surface area (Å²) in [6, 6.07) is 7.87. The van der Waals surface area contributed by atoms with Gasteiger partial charge in [0.15, 0.2) is 11.4 Å². The second-order valence-corrected chi connectivity index (χ2v) is 11.0. The number of nitrogens with one attached hydrogen (secondary N) is 3. The smallest absolute Gasteiger partial charge is 0.412 e. The number of likely N-dealkylation sites (tertiary alicyclic amines) is 1. The number of benzene rings is 2. The maximum Gasteiger partial charge on any atom is 0.412 e. The van der Waals surface area contributed by atoms with Crippen LogP contribution in [0.1, 0.15) is 49.0 Å². The molecular weight excluding hydrogens is 559 g/mol. The van der Waals surface area contributed by atoms with E-state index >= 15 is 4.39 Å². The van der Waals surface area contributed by atoms with Gasteiger partial charge in [0.25, 0.3) is 5.91 Å². The first-order chi connectivity index (χ1) is 19.4. The van der Waals surface area contributed by atoms with Gasteiger partial charge in [-0.1, -0.05) is 11.6 Å². The molecule has 11 nitrogen and oxygen atoms in total. The van der Waals surface area contributed by atoms with E-state index in [1.807, 2.05) is 0 Å². The summed E-state index contributed by atoms with van der Waals surface area (Å²) in [4.78, 5) is 52.5. The van der Waals surface area contributed by atoms with Crippen molar-refractivity contribution in [2.24, 2.45) is 0 Å². The van der Waals surface area contributed by atoms with E-state index < -0.39 is 47.1 Å². The number of methoxy groups -OCH3 is 2. The largest absolute Gasteiger partial charge is 0.453 e. The molecule has 0 saturated carbocycles. The molecule has 0 aromatic heterocycles. The summed E-state index contributed by atoms with van der Waals surface area (Å²) in [5.74, 6) is -1.69. The van der Waals surface area contributed by atoms with Crippen LogP contribution in [0, 0.1) is 5.82 Å². The maximum atomic E-state index is 15.3. The number of piperidine rings is 1. The summed E-state index contributed by atoms with van der Waals surface area (Å²) in [5.41, 5.74) is -1.25. The highest BCUT2D eigenvalue weighted by Gasteiger charge is 2.49. The van der Waals surface area contributed by atoms with Crippen molar-refractivity contribution in [1.82, 2.24) is 10.2 Å². The van der Waals surface area contributed by atoms with Gasteiger partial charge in [-0.2, -0.15) is 0 Å². The first-order valence-electron chi connectivity index (χ1n) is 13.0. The van der Waals surface area contributed by atoms with Crippen LogP contribution in [0.4, 0.5) is 25.4 Å². The lowest BCUT2D eigenvalue weighted by Crippen LogP contribution is -2.58. The number of hydrogen-bond acceptors (Lipinski definition) is 7.